The van der Waals surface area contributed by atoms with Crippen LogP contribution in [-0.4, -0.2) is 33.3 Å². The standard InChI is InChI=1S/C20H22N4O3S/c1-13-5-8-17(11-14(13)2)24-15(3)21-22-20(24)28-19(12-23(25)26)16-6-9-18(27-4)10-7-16/h5-11,19H,12H2,1-4H3/t19-/m0/s1. The molecule has 0 aliphatic rings. The maximum atomic E-state index is 11.3. The third-order valence-electron chi connectivity index (χ3n) is 4.59. The average Bonchev–Trinajstić information content (AvgIpc) is 3.03. The number of aromatic nitrogens is 3. The second kappa shape index (κ2) is 8.43. The highest BCUT2D eigenvalue weighted by Crippen LogP contribution is 2.36. The minimum absolute atomic E-state index is 0.212. The van der Waals surface area contributed by atoms with Crippen molar-refractivity contribution in [1.29, 1.82) is 0 Å². The highest BCUT2D eigenvalue weighted by Gasteiger charge is 2.24. The SMILES string of the molecule is COc1ccc([C@H](C[N+](=O)[O-])Sc2nnc(C)n2-c2ccc(C)c(C)c2)cc1. The first kappa shape index (κ1) is 19.9. The van der Waals surface area contributed by atoms with Crippen molar-refractivity contribution in [2.75, 3.05) is 13.7 Å². The summed E-state index contributed by atoms with van der Waals surface area (Å²) in [5.74, 6) is 1.45. The van der Waals surface area contributed by atoms with E-state index in [4.69, 9.17) is 4.74 Å². The Kier molecular flexibility index (Phi) is 5.99. The number of hydrogen-bond acceptors (Lipinski definition) is 6. The Labute approximate surface area is 167 Å². The molecule has 0 spiro atoms. The number of nitrogens with zero attached hydrogens (tertiary/aromatic N) is 4. The molecule has 1 aromatic heterocycles. The summed E-state index contributed by atoms with van der Waals surface area (Å²) in [6.45, 7) is 5.78. The van der Waals surface area contributed by atoms with Crippen molar-refractivity contribution in [1.82, 2.24) is 14.8 Å². The topological polar surface area (TPSA) is 83.1 Å². The molecule has 1 atom stereocenters. The first-order valence-electron chi connectivity index (χ1n) is 8.81. The van der Waals surface area contributed by atoms with Crippen LogP contribution in [0.3, 0.4) is 0 Å². The van der Waals surface area contributed by atoms with Gasteiger partial charge in [0.25, 0.3) is 0 Å². The van der Waals surface area contributed by atoms with E-state index in [1.165, 1.54) is 22.9 Å². The van der Waals surface area contributed by atoms with Crippen molar-refractivity contribution in [3.63, 3.8) is 0 Å². The first-order chi connectivity index (χ1) is 13.4. The molecule has 0 radical (unpaired) electrons. The summed E-state index contributed by atoms with van der Waals surface area (Å²) in [5, 5.41) is 20.0. The van der Waals surface area contributed by atoms with Gasteiger partial charge in [0.1, 0.15) is 16.8 Å². The van der Waals surface area contributed by atoms with Gasteiger partial charge in [-0.3, -0.25) is 14.7 Å². The molecule has 8 heteroatoms. The fourth-order valence-electron chi connectivity index (χ4n) is 2.87. The molecular weight excluding hydrogens is 376 g/mol. The van der Waals surface area contributed by atoms with Crippen LogP contribution in [0.1, 0.15) is 27.8 Å². The van der Waals surface area contributed by atoms with Crippen LogP contribution < -0.4 is 4.74 Å². The zero-order chi connectivity index (χ0) is 20.3. The van der Waals surface area contributed by atoms with Crippen molar-refractivity contribution in [2.45, 2.75) is 31.2 Å². The van der Waals surface area contributed by atoms with Crippen molar-refractivity contribution in [2.24, 2.45) is 0 Å². The predicted molar refractivity (Wildman–Crippen MR) is 109 cm³/mol. The Morgan fingerprint density at radius 1 is 1.11 bits per heavy atom. The molecule has 1 heterocycles. The van der Waals surface area contributed by atoms with Gasteiger partial charge in [0.2, 0.25) is 6.54 Å². The van der Waals surface area contributed by atoms with Crippen molar-refractivity contribution >= 4 is 11.8 Å². The van der Waals surface area contributed by atoms with Gasteiger partial charge in [-0.15, -0.1) is 10.2 Å². The number of thioether (sulfide) groups is 1. The quantitative estimate of drug-likeness (QED) is 0.335. The highest BCUT2D eigenvalue weighted by atomic mass is 32.2. The summed E-state index contributed by atoms with van der Waals surface area (Å²) in [7, 11) is 1.59. The van der Waals surface area contributed by atoms with Crippen LogP contribution in [0.4, 0.5) is 0 Å². The fraction of sp³-hybridized carbons (Fsp3) is 0.300. The van der Waals surface area contributed by atoms with Crippen LogP contribution in [0.25, 0.3) is 5.69 Å². The summed E-state index contributed by atoms with van der Waals surface area (Å²) >= 11 is 1.34. The number of methoxy groups -OCH3 is 1. The molecule has 0 saturated heterocycles. The number of benzene rings is 2. The van der Waals surface area contributed by atoms with E-state index in [9.17, 15) is 10.1 Å². The van der Waals surface area contributed by atoms with Crippen LogP contribution in [0.15, 0.2) is 47.6 Å². The van der Waals surface area contributed by atoms with E-state index in [-0.39, 0.29) is 11.5 Å². The number of hydrogen-bond donors (Lipinski definition) is 0. The highest BCUT2D eigenvalue weighted by molar-refractivity contribution is 7.99. The summed E-state index contributed by atoms with van der Waals surface area (Å²) in [5.41, 5.74) is 4.16. The van der Waals surface area contributed by atoms with Gasteiger partial charge < -0.3 is 4.74 Å². The molecule has 3 rings (SSSR count). The smallest absolute Gasteiger partial charge is 0.220 e. The lowest BCUT2D eigenvalue weighted by molar-refractivity contribution is -0.479. The maximum absolute atomic E-state index is 11.3. The van der Waals surface area contributed by atoms with Crippen LogP contribution in [-0.2, 0) is 0 Å². The Morgan fingerprint density at radius 3 is 2.43 bits per heavy atom. The average molecular weight is 398 g/mol. The summed E-state index contributed by atoms with van der Waals surface area (Å²) in [6.07, 6.45) is 0. The predicted octanol–water partition coefficient (Wildman–Crippen LogP) is 4.31. The minimum atomic E-state index is -0.394. The molecule has 0 N–H and O–H groups in total. The number of nitro groups is 1. The molecule has 0 unspecified atom stereocenters. The Hall–Kier alpha value is -2.87. The fourth-order valence-corrected chi connectivity index (χ4v) is 4.05. The molecule has 7 nitrogen and oxygen atoms in total. The van der Waals surface area contributed by atoms with Gasteiger partial charge in [-0.1, -0.05) is 30.0 Å². The lowest BCUT2D eigenvalue weighted by Gasteiger charge is -2.15. The van der Waals surface area contributed by atoms with Gasteiger partial charge in [-0.25, -0.2) is 0 Å². The van der Waals surface area contributed by atoms with Gasteiger partial charge >= 0.3 is 0 Å². The van der Waals surface area contributed by atoms with E-state index >= 15 is 0 Å². The molecule has 28 heavy (non-hydrogen) atoms. The number of ether oxygens (including phenoxy) is 1. The van der Waals surface area contributed by atoms with Gasteiger partial charge in [-0.2, -0.15) is 0 Å². The van der Waals surface area contributed by atoms with E-state index in [1.807, 2.05) is 41.8 Å². The van der Waals surface area contributed by atoms with E-state index in [2.05, 4.69) is 36.2 Å². The molecule has 3 aromatic rings. The summed E-state index contributed by atoms with van der Waals surface area (Å²) in [4.78, 5) is 11.0. The normalized spacial score (nSPS) is 12.0. The van der Waals surface area contributed by atoms with Crippen LogP contribution in [0.5, 0.6) is 5.75 Å². The Balaban J connectivity index is 1.97. The monoisotopic (exact) mass is 398 g/mol. The van der Waals surface area contributed by atoms with Crippen LogP contribution >= 0.6 is 11.8 Å². The summed E-state index contributed by atoms with van der Waals surface area (Å²) < 4.78 is 7.12. The largest absolute Gasteiger partial charge is 0.497 e. The molecule has 0 bridgehead atoms. The van der Waals surface area contributed by atoms with Crippen LogP contribution in [0, 0.1) is 30.9 Å². The lowest BCUT2D eigenvalue weighted by Crippen LogP contribution is -2.11. The molecule has 0 aliphatic carbocycles. The number of aryl methyl sites for hydroxylation is 3. The van der Waals surface area contributed by atoms with E-state index < -0.39 is 5.25 Å². The van der Waals surface area contributed by atoms with Gasteiger partial charge in [0.15, 0.2) is 5.16 Å². The van der Waals surface area contributed by atoms with Gasteiger partial charge in [0.05, 0.1) is 7.11 Å². The van der Waals surface area contributed by atoms with Crippen molar-refractivity contribution in [3.05, 3.63) is 75.1 Å². The van der Waals surface area contributed by atoms with Gasteiger partial charge in [0, 0.05) is 10.6 Å². The third-order valence-corrected chi connectivity index (χ3v) is 5.77. The van der Waals surface area contributed by atoms with Crippen molar-refractivity contribution in [3.8, 4) is 11.4 Å². The molecule has 0 amide bonds. The second-order valence-corrected chi connectivity index (χ2v) is 7.70. The first-order valence-corrected chi connectivity index (χ1v) is 9.69. The molecule has 146 valence electrons. The lowest BCUT2D eigenvalue weighted by atomic mass is 10.1. The Morgan fingerprint density at radius 2 is 1.82 bits per heavy atom. The van der Waals surface area contributed by atoms with E-state index in [0.717, 1.165) is 17.1 Å². The summed E-state index contributed by atoms with van der Waals surface area (Å²) in [6, 6.07) is 13.5. The molecule has 0 fully saturated rings. The van der Waals surface area contributed by atoms with E-state index in [0.29, 0.717) is 10.9 Å². The second-order valence-electron chi connectivity index (χ2n) is 6.53. The molecule has 0 saturated carbocycles. The van der Waals surface area contributed by atoms with Crippen molar-refractivity contribution < 1.29 is 9.66 Å². The number of rotatable bonds is 7. The third kappa shape index (κ3) is 4.33. The zero-order valence-electron chi connectivity index (χ0n) is 16.2. The van der Waals surface area contributed by atoms with Gasteiger partial charge in [-0.05, 0) is 61.7 Å². The molecule has 0 aliphatic heterocycles. The maximum Gasteiger partial charge on any atom is 0.220 e. The van der Waals surface area contributed by atoms with E-state index in [1.54, 1.807) is 7.11 Å². The minimum Gasteiger partial charge on any atom is -0.497 e. The Bertz CT molecular complexity index is 986. The zero-order valence-corrected chi connectivity index (χ0v) is 17.1. The molecular formula is C20H22N4O3S. The molecule has 2 aromatic carbocycles. The van der Waals surface area contributed by atoms with Crippen LogP contribution in [0.2, 0.25) is 0 Å².